The quantitative estimate of drug-likeness (QED) is 0.0283. The fourth-order valence-electron chi connectivity index (χ4n) is 11.9. The number of carbonyl (C=O) groups excluding carboxylic acids is 9. The molecule has 2 heterocycles. The Balaban J connectivity index is 0.000000553. The van der Waals surface area contributed by atoms with Crippen LogP contribution in [0.4, 0.5) is 0 Å². The number of nitrogens with two attached hydrogens (primary N) is 1. The minimum absolute atomic E-state index is 0. The summed E-state index contributed by atoms with van der Waals surface area (Å²) in [7, 11) is 23.8. The van der Waals surface area contributed by atoms with Gasteiger partial charge in [-0.05, 0) is 91.0 Å². The van der Waals surface area contributed by atoms with Crippen molar-refractivity contribution < 1.29 is 116 Å². The Kier molecular flexibility index (Phi) is 33.5. The van der Waals surface area contributed by atoms with E-state index >= 15 is 0 Å². The molecule has 9 rings (SSSR count). The molecule has 18 unspecified atom stereocenters. The second kappa shape index (κ2) is 36.7. The standard InChI is InChI=1S/C16H27N3O3.C10H18N2O4.C10H16N2O3.C9H12O5.C7H8O4.C6H11N.C3H10N2.Li.H2O/c1-6-10-9-16(10,2)17-14(21)12-7-11(20)8-13(12)15(22)19(5)18(3)4;1-11(2)12(3)9(14)7-4-6(13)5-8(7)10(15)16;1-11(2)12(3)9(13)7-4-6-5-8(7)10(14)15-6;1-13-8(11)6-3-5(10)4-7(6)9(12)14-2;8-6(9)4-1-3-2-5(4)7(10)11-3;1-3-5-4-6(5,2)7;1-4-5(2)3;;/h6,10-13,20H,1,7-9H2,2-5H3,(H,17,21);6-8,13H,4-5H2,1-3H3,(H,15,16);6-8H,4-5H2,1-3H3;6-7H,3-4H2,1-2H3;3-5H,1-2H2,(H,8,9);3,5H,1,4,7H2,2H3;4H,1-3H3;;1H2/q;;;;;;;+1;/p-1. The first kappa shape index (κ1) is 84.1. The summed E-state index contributed by atoms with van der Waals surface area (Å²) >= 11 is 0. The Morgan fingerprint density at radius 1 is 0.554 bits per heavy atom. The molecule has 30 nitrogen and oxygen atoms in total. The third kappa shape index (κ3) is 22.9. The van der Waals surface area contributed by atoms with E-state index in [1.165, 1.54) is 24.2 Å². The zero-order chi connectivity index (χ0) is 68.8. The van der Waals surface area contributed by atoms with E-state index in [1.807, 2.05) is 59.3 Å². The summed E-state index contributed by atoms with van der Waals surface area (Å²) in [6.07, 6.45) is 8.12. The second-order valence-corrected chi connectivity index (χ2v) is 25.8. The number of hydrogen-bond donors (Lipinski definition) is 7. The number of carboxylic acid groups (broad SMARTS) is 2. The number of aliphatic carboxylic acids is 2. The van der Waals surface area contributed by atoms with E-state index in [0.29, 0.717) is 43.9 Å². The van der Waals surface area contributed by atoms with Crippen LogP contribution in [0.5, 0.6) is 0 Å². The largest absolute Gasteiger partial charge is 1.00 e. The number of esters is 4. The van der Waals surface area contributed by atoms with Gasteiger partial charge in [0.2, 0.25) is 23.6 Å². The van der Waals surface area contributed by atoms with Crippen molar-refractivity contribution >= 4 is 65.2 Å². The number of fused-ring (bicyclic) bond motifs is 4. The van der Waals surface area contributed by atoms with E-state index in [-0.39, 0.29) is 132 Å². The minimum atomic E-state index is -1.01. The van der Waals surface area contributed by atoms with Gasteiger partial charge in [0.1, 0.15) is 18.0 Å². The summed E-state index contributed by atoms with van der Waals surface area (Å²) in [6.45, 7) is 11.4. The van der Waals surface area contributed by atoms with Crippen molar-refractivity contribution in [2.75, 3.05) is 98.8 Å². The number of nitrogens with zero attached hydrogens (tertiary/aromatic N) is 7. The van der Waals surface area contributed by atoms with Gasteiger partial charge in [0.15, 0.2) is 0 Å². The molecule has 0 radical (unpaired) electrons. The molecule has 9 N–H and O–H groups in total. The number of carboxylic acids is 2. The van der Waals surface area contributed by atoms with Gasteiger partial charge >= 0.3 is 54.7 Å². The van der Waals surface area contributed by atoms with Gasteiger partial charge in [-0.3, -0.25) is 78.2 Å². The SMILES string of the molecule is C=CC1CC1(C)N.C=CC1CC1(C)NC(=O)C1CC(O)CC1C(=O)N(C)N(C)C.CN(C)N(C)C(=O)C1CC(O)CC1C(=O)O.CN(C)N(C)C(=O)C1CC2CC1C(=O)O2.CNN(C)C.COC(=O)C1CC(=O)CC1C(=O)OC.O=C(O)C1CC2CC1C(=O)O2.[Li+].[OH-]. The third-order valence-electron chi connectivity index (χ3n) is 18.4. The molecule has 2 aliphatic heterocycles. The Bertz CT molecular complexity index is 2570. The van der Waals surface area contributed by atoms with Crippen molar-refractivity contribution in [2.24, 2.45) is 76.7 Å². The molecule has 9 fully saturated rings. The van der Waals surface area contributed by atoms with Crippen LogP contribution in [-0.4, -0.2) is 260 Å². The first-order chi connectivity index (χ1) is 41.7. The summed E-state index contributed by atoms with van der Waals surface area (Å²) in [6, 6.07) is 0. The summed E-state index contributed by atoms with van der Waals surface area (Å²) in [5.74, 6) is -8.05. The molecule has 4 amide bonds. The predicted molar refractivity (Wildman–Crippen MR) is 327 cm³/mol. The molecule has 4 bridgehead atoms. The topological polar surface area (TPSA) is 408 Å². The Morgan fingerprint density at radius 2 is 0.891 bits per heavy atom. The number of carbonyl (C=O) groups is 11. The molecule has 7 aliphatic carbocycles. The van der Waals surface area contributed by atoms with E-state index in [2.05, 4.69) is 40.3 Å². The molecule has 31 heteroatoms. The number of methoxy groups -OCH3 is 2. The second-order valence-electron chi connectivity index (χ2n) is 25.8. The maximum Gasteiger partial charge on any atom is 1.00 e. The van der Waals surface area contributed by atoms with Gasteiger partial charge in [-0.15, -0.1) is 13.2 Å². The molecule has 0 aromatic rings. The first-order valence-electron chi connectivity index (χ1n) is 30.2. The van der Waals surface area contributed by atoms with Gasteiger partial charge < -0.3 is 55.9 Å². The van der Waals surface area contributed by atoms with Crippen LogP contribution in [0.2, 0.25) is 0 Å². The van der Waals surface area contributed by atoms with Crippen molar-refractivity contribution in [1.82, 2.24) is 45.8 Å². The number of hydrogen-bond acceptors (Lipinski definition) is 24. The number of nitrogens with one attached hydrogen (secondary N) is 2. The van der Waals surface area contributed by atoms with Gasteiger partial charge in [0, 0.05) is 107 Å². The number of amides is 4. The Labute approximate surface area is 552 Å². The maximum absolute atomic E-state index is 12.6. The van der Waals surface area contributed by atoms with Crippen LogP contribution >= 0.6 is 0 Å². The average molecular weight is 1300 g/mol. The van der Waals surface area contributed by atoms with Crippen LogP contribution in [0, 0.1) is 71.0 Å². The molecule has 2 saturated heterocycles. The number of aliphatic hydroxyl groups excluding tert-OH is 2. The zero-order valence-electron chi connectivity index (χ0n) is 56.9. The predicted octanol–water partition coefficient (Wildman–Crippen LogP) is -2.98. The van der Waals surface area contributed by atoms with Crippen LogP contribution in [-0.2, 0) is 71.7 Å². The molecule has 0 aromatic heterocycles. The van der Waals surface area contributed by atoms with Crippen molar-refractivity contribution in [3.63, 3.8) is 0 Å². The summed E-state index contributed by atoms with van der Waals surface area (Å²) in [5, 5.41) is 51.3. The van der Waals surface area contributed by atoms with Crippen molar-refractivity contribution in [1.29, 1.82) is 0 Å². The van der Waals surface area contributed by atoms with Crippen LogP contribution < -0.4 is 35.3 Å². The first-order valence-corrected chi connectivity index (χ1v) is 30.2. The van der Waals surface area contributed by atoms with E-state index in [9.17, 15) is 63.0 Å². The van der Waals surface area contributed by atoms with Crippen LogP contribution in [0.25, 0.3) is 0 Å². The molecule has 518 valence electrons. The number of ether oxygens (including phenoxy) is 4. The molecule has 0 aromatic carbocycles. The van der Waals surface area contributed by atoms with Gasteiger partial charge in [-0.25, -0.2) is 15.0 Å². The van der Waals surface area contributed by atoms with Crippen LogP contribution in [0.15, 0.2) is 25.3 Å². The minimum Gasteiger partial charge on any atom is -0.870 e. The van der Waals surface area contributed by atoms with E-state index in [0.717, 1.165) is 19.3 Å². The smallest absolute Gasteiger partial charge is 0.870 e. The maximum atomic E-state index is 12.6. The fraction of sp³-hybridized carbons (Fsp3) is 0.754. The number of aliphatic hydroxyl groups is 2. The van der Waals surface area contributed by atoms with Crippen molar-refractivity contribution in [3.8, 4) is 0 Å². The molecule has 18 atom stereocenters. The Morgan fingerprint density at radius 3 is 1.17 bits per heavy atom. The average Bonchev–Trinajstić information content (AvgIpc) is 1.71. The van der Waals surface area contributed by atoms with Crippen LogP contribution in [0.3, 0.4) is 0 Å². The molecule has 0 spiro atoms. The van der Waals surface area contributed by atoms with Gasteiger partial charge in [0.25, 0.3) is 0 Å². The summed E-state index contributed by atoms with van der Waals surface area (Å²) in [5.41, 5.74) is 8.37. The Hall–Kier alpha value is -5.91. The number of Topliss-reactive ketones (excluding diaryl/α,β-unsaturated/α-hetero) is 1. The van der Waals surface area contributed by atoms with Crippen molar-refractivity contribution in [2.45, 2.75) is 126 Å². The zero-order valence-corrected chi connectivity index (χ0v) is 56.9. The monoisotopic (exact) mass is 1300 g/mol. The fourth-order valence-corrected chi connectivity index (χ4v) is 11.9. The van der Waals surface area contributed by atoms with Gasteiger partial charge in [0.05, 0.1) is 85.6 Å². The third-order valence-corrected chi connectivity index (χ3v) is 18.4. The molecular weight excluding hydrogens is 1200 g/mol. The summed E-state index contributed by atoms with van der Waals surface area (Å²) < 4.78 is 18.9. The molecule has 9 aliphatic rings. The van der Waals surface area contributed by atoms with Crippen LogP contribution in [0.1, 0.15) is 90.9 Å². The molecule has 7 saturated carbocycles. The number of ketones is 1. The molecule has 92 heavy (non-hydrogen) atoms. The number of hydrazine groups is 4. The van der Waals surface area contributed by atoms with Gasteiger partial charge in [-0.1, -0.05) is 12.2 Å². The van der Waals surface area contributed by atoms with E-state index in [4.69, 9.17) is 25.4 Å². The molecular formula is C61H103LiN10O20. The van der Waals surface area contributed by atoms with Crippen molar-refractivity contribution in [3.05, 3.63) is 25.3 Å². The number of rotatable bonds is 15. The van der Waals surface area contributed by atoms with Gasteiger partial charge in [-0.2, -0.15) is 0 Å². The van der Waals surface area contributed by atoms with E-state index < -0.39 is 77.5 Å². The summed E-state index contributed by atoms with van der Waals surface area (Å²) in [4.78, 5) is 126. The van der Waals surface area contributed by atoms with E-state index in [1.54, 1.807) is 69.4 Å². The normalized spacial score (nSPS) is 32.4.